The molecular weight excluding hydrogens is 1050 g/mol. The number of ether oxygens (including phenoxy) is 4. The van der Waals surface area contributed by atoms with E-state index in [1.165, 1.54) is 257 Å². The molecule has 0 bridgehead atoms. The summed E-state index contributed by atoms with van der Waals surface area (Å²) in [5.74, 6) is -2.00. The molecular formula is C76H142NO8+. The van der Waals surface area contributed by atoms with E-state index in [0.717, 1.165) is 70.6 Å². The third kappa shape index (κ3) is 68.6. The number of quaternary nitrogens is 1. The van der Waals surface area contributed by atoms with Crippen molar-refractivity contribution in [1.82, 2.24) is 0 Å². The van der Waals surface area contributed by atoms with Crippen LogP contribution >= 0.6 is 0 Å². The highest BCUT2D eigenvalue weighted by Crippen LogP contribution is 2.19. The minimum Gasteiger partial charge on any atom is -0.477 e. The van der Waals surface area contributed by atoms with Gasteiger partial charge >= 0.3 is 17.9 Å². The SMILES string of the molecule is CC/C=C\C/C=C\C/C=C\C/C=C\CCCCCCCCCCC(=O)OC(COC(=O)CCCCCCCCCCCCCCCCCCCCCCCCCCCCCCCCCCCCCCCCC)COC(OCC[N+](C)(C)C)C(=O)O. The fourth-order valence-corrected chi connectivity index (χ4v) is 11.0. The van der Waals surface area contributed by atoms with Crippen molar-refractivity contribution in [1.29, 1.82) is 0 Å². The maximum Gasteiger partial charge on any atom is 0.361 e. The Hall–Kier alpha value is -2.75. The molecule has 0 saturated carbocycles. The normalized spacial score (nSPS) is 12.9. The number of carboxylic acid groups (broad SMARTS) is 1. The number of allylic oxidation sites excluding steroid dienone is 8. The van der Waals surface area contributed by atoms with Crippen molar-refractivity contribution in [3.63, 3.8) is 0 Å². The molecule has 0 aromatic heterocycles. The third-order valence-corrected chi connectivity index (χ3v) is 16.6. The lowest BCUT2D eigenvalue weighted by Crippen LogP contribution is -2.40. The number of carbonyl (C=O) groups is 3. The number of aliphatic carboxylic acids is 1. The molecule has 0 amide bonds. The van der Waals surface area contributed by atoms with Gasteiger partial charge in [0, 0.05) is 12.8 Å². The third-order valence-electron chi connectivity index (χ3n) is 16.6. The van der Waals surface area contributed by atoms with Gasteiger partial charge in [0.15, 0.2) is 6.10 Å². The van der Waals surface area contributed by atoms with E-state index < -0.39 is 24.3 Å². The summed E-state index contributed by atoms with van der Waals surface area (Å²) in [5, 5.41) is 9.74. The van der Waals surface area contributed by atoms with Crippen molar-refractivity contribution in [3.05, 3.63) is 48.6 Å². The molecule has 0 fully saturated rings. The lowest BCUT2D eigenvalue weighted by atomic mass is 10.0. The Morgan fingerprint density at radius 2 is 0.671 bits per heavy atom. The maximum absolute atomic E-state index is 12.9. The van der Waals surface area contributed by atoms with Crippen LogP contribution in [0.15, 0.2) is 48.6 Å². The van der Waals surface area contributed by atoms with Crippen molar-refractivity contribution in [2.45, 2.75) is 373 Å². The molecule has 9 heteroatoms. The van der Waals surface area contributed by atoms with Gasteiger partial charge < -0.3 is 28.5 Å². The second kappa shape index (κ2) is 67.2. The largest absolute Gasteiger partial charge is 0.477 e. The van der Waals surface area contributed by atoms with Gasteiger partial charge in [-0.2, -0.15) is 0 Å². The number of hydrogen-bond acceptors (Lipinski definition) is 7. The summed E-state index contributed by atoms with van der Waals surface area (Å²) in [6, 6.07) is 0. The Balaban J connectivity index is 3.95. The van der Waals surface area contributed by atoms with Gasteiger partial charge in [-0.3, -0.25) is 9.59 Å². The predicted octanol–water partition coefficient (Wildman–Crippen LogP) is 22.9. The zero-order valence-corrected chi connectivity index (χ0v) is 57.0. The van der Waals surface area contributed by atoms with Crippen LogP contribution in [0.25, 0.3) is 0 Å². The number of carbonyl (C=O) groups excluding carboxylic acids is 2. The first kappa shape index (κ1) is 82.2. The standard InChI is InChI=1S/C76H141NO8/c1-6-8-10-12-14-16-18-20-22-24-26-28-29-30-31-32-33-34-35-36-37-38-39-40-41-42-43-44-45-47-48-50-52-54-56-58-60-62-64-66-73(78)83-70-72(71-84-76(75(80)81)82-69-68-77(3,4)5)85-74(79)67-65-63-61-59-57-55-53-51-49-46-27-25-23-21-19-17-15-13-11-9-7-2/h9,11,15,17,21,23,27,46,72,76H,6-8,10,12-14,16,18-20,22,24-26,28-45,47-71H2,1-5H3/p+1/b11-9-,17-15-,23-21-,46-27-. The van der Waals surface area contributed by atoms with E-state index in [9.17, 15) is 19.5 Å². The van der Waals surface area contributed by atoms with Crippen molar-refractivity contribution in [2.75, 3.05) is 47.5 Å². The van der Waals surface area contributed by atoms with Crippen LogP contribution in [0.5, 0.6) is 0 Å². The molecule has 0 aliphatic carbocycles. The Labute approximate surface area is 527 Å². The molecule has 2 atom stereocenters. The van der Waals surface area contributed by atoms with E-state index in [-0.39, 0.29) is 32.2 Å². The Morgan fingerprint density at radius 1 is 0.365 bits per heavy atom. The fraction of sp³-hybridized carbons (Fsp3) is 0.855. The van der Waals surface area contributed by atoms with Crippen molar-refractivity contribution >= 4 is 17.9 Å². The molecule has 0 aromatic rings. The Morgan fingerprint density at radius 3 is 1.00 bits per heavy atom. The first-order chi connectivity index (χ1) is 41.6. The average Bonchev–Trinajstić information content (AvgIpc) is 3.48. The number of rotatable bonds is 69. The summed E-state index contributed by atoms with van der Waals surface area (Å²) in [6.45, 7) is 4.81. The second-order valence-electron chi connectivity index (χ2n) is 26.2. The molecule has 85 heavy (non-hydrogen) atoms. The molecule has 498 valence electrons. The average molecular weight is 1200 g/mol. The van der Waals surface area contributed by atoms with Crippen LogP contribution < -0.4 is 0 Å². The highest BCUT2D eigenvalue weighted by Gasteiger charge is 2.25. The molecule has 0 spiro atoms. The van der Waals surface area contributed by atoms with Gasteiger partial charge in [0.05, 0.1) is 34.4 Å². The highest BCUT2D eigenvalue weighted by molar-refractivity contribution is 5.71. The van der Waals surface area contributed by atoms with Crippen molar-refractivity contribution < 1.29 is 42.9 Å². The summed E-state index contributed by atoms with van der Waals surface area (Å²) >= 11 is 0. The van der Waals surface area contributed by atoms with Gasteiger partial charge in [0.2, 0.25) is 0 Å². The van der Waals surface area contributed by atoms with Crippen molar-refractivity contribution in [3.8, 4) is 0 Å². The minimum atomic E-state index is -1.51. The quantitative estimate of drug-likeness (QED) is 0.0211. The number of esters is 2. The van der Waals surface area contributed by atoms with Crippen LogP contribution in [-0.2, 0) is 33.3 Å². The summed E-state index contributed by atoms with van der Waals surface area (Å²) in [6.07, 6.45) is 84.1. The van der Waals surface area contributed by atoms with Gasteiger partial charge in [0.25, 0.3) is 6.29 Å². The van der Waals surface area contributed by atoms with Crippen LogP contribution in [0.2, 0.25) is 0 Å². The number of nitrogens with zero attached hydrogens (tertiary/aromatic N) is 1. The summed E-state index contributed by atoms with van der Waals surface area (Å²) in [4.78, 5) is 37.6. The summed E-state index contributed by atoms with van der Waals surface area (Å²) < 4.78 is 23.0. The Kier molecular flexibility index (Phi) is 65.0. The highest BCUT2D eigenvalue weighted by atomic mass is 16.7. The van der Waals surface area contributed by atoms with Gasteiger partial charge in [-0.15, -0.1) is 0 Å². The molecule has 0 aromatic carbocycles. The minimum absolute atomic E-state index is 0.183. The molecule has 0 rings (SSSR count). The van der Waals surface area contributed by atoms with Crippen LogP contribution in [0, 0.1) is 0 Å². The van der Waals surface area contributed by atoms with Crippen LogP contribution in [0.1, 0.15) is 361 Å². The second-order valence-corrected chi connectivity index (χ2v) is 26.2. The topological polar surface area (TPSA) is 108 Å². The zero-order chi connectivity index (χ0) is 61.9. The first-order valence-electron chi connectivity index (χ1n) is 36.8. The van der Waals surface area contributed by atoms with E-state index in [4.69, 9.17) is 18.9 Å². The summed E-state index contributed by atoms with van der Waals surface area (Å²) in [7, 11) is 5.98. The molecule has 0 saturated heterocycles. The molecule has 0 radical (unpaired) electrons. The predicted molar refractivity (Wildman–Crippen MR) is 364 cm³/mol. The lowest BCUT2D eigenvalue weighted by molar-refractivity contribution is -0.870. The number of carboxylic acids is 1. The van der Waals surface area contributed by atoms with Gasteiger partial charge in [-0.05, 0) is 51.4 Å². The number of unbranched alkanes of at least 4 members (excludes halogenated alkanes) is 46. The van der Waals surface area contributed by atoms with E-state index in [0.29, 0.717) is 23.9 Å². The van der Waals surface area contributed by atoms with Crippen LogP contribution in [0.3, 0.4) is 0 Å². The van der Waals surface area contributed by atoms with Crippen LogP contribution in [0.4, 0.5) is 0 Å². The summed E-state index contributed by atoms with van der Waals surface area (Å²) in [5.41, 5.74) is 0. The smallest absolute Gasteiger partial charge is 0.361 e. The van der Waals surface area contributed by atoms with E-state index in [2.05, 4.69) is 62.5 Å². The fourth-order valence-electron chi connectivity index (χ4n) is 11.0. The molecule has 0 heterocycles. The number of likely N-dealkylation sites (N-methyl/N-ethyl adjacent to an activating group) is 1. The van der Waals surface area contributed by atoms with Gasteiger partial charge in [-0.25, -0.2) is 4.79 Å². The molecule has 9 nitrogen and oxygen atoms in total. The monoisotopic (exact) mass is 1200 g/mol. The van der Waals surface area contributed by atoms with Crippen molar-refractivity contribution in [2.24, 2.45) is 0 Å². The van der Waals surface area contributed by atoms with E-state index in [1.54, 1.807) is 0 Å². The van der Waals surface area contributed by atoms with Crippen LogP contribution in [-0.4, -0.2) is 87.4 Å². The zero-order valence-electron chi connectivity index (χ0n) is 57.0. The van der Waals surface area contributed by atoms with Gasteiger partial charge in [-0.1, -0.05) is 345 Å². The maximum atomic E-state index is 12.9. The first-order valence-corrected chi connectivity index (χ1v) is 36.8. The molecule has 2 unspecified atom stereocenters. The molecule has 0 aliphatic heterocycles. The van der Waals surface area contributed by atoms with Gasteiger partial charge in [0.1, 0.15) is 13.2 Å². The molecule has 0 aliphatic rings. The van der Waals surface area contributed by atoms with E-state index in [1.807, 2.05) is 21.1 Å². The van der Waals surface area contributed by atoms with E-state index >= 15 is 0 Å². The lowest BCUT2D eigenvalue weighted by Gasteiger charge is -2.25. The molecule has 1 N–H and O–H groups in total. The Bertz CT molecular complexity index is 1530. The number of hydrogen-bond donors (Lipinski definition) is 1.